The molecule has 0 aliphatic carbocycles. The van der Waals surface area contributed by atoms with Crippen LogP contribution in [0.25, 0.3) is 0 Å². The molecule has 0 bridgehead atoms. The standard InChI is InChI=1S/C11H17N3O/c1-5-15-6-2-9(1)11-10-7-12-3-4-14(10)8-13-11/h8-9,12H,1-7H2. The highest BCUT2D eigenvalue weighted by atomic mass is 16.5. The Hall–Kier alpha value is -0.870. The molecule has 15 heavy (non-hydrogen) atoms. The van der Waals surface area contributed by atoms with Crippen molar-refractivity contribution < 1.29 is 4.74 Å². The van der Waals surface area contributed by atoms with E-state index in [0.717, 1.165) is 45.7 Å². The topological polar surface area (TPSA) is 39.1 Å². The van der Waals surface area contributed by atoms with Crippen molar-refractivity contribution in [2.75, 3.05) is 19.8 Å². The molecule has 3 heterocycles. The minimum atomic E-state index is 0.620. The summed E-state index contributed by atoms with van der Waals surface area (Å²) in [6.45, 7) is 4.89. The number of imidazole rings is 1. The zero-order valence-electron chi connectivity index (χ0n) is 8.91. The zero-order chi connectivity index (χ0) is 10.1. The normalized spacial score (nSPS) is 22.7. The fourth-order valence-corrected chi connectivity index (χ4v) is 2.53. The van der Waals surface area contributed by atoms with Gasteiger partial charge >= 0.3 is 0 Å². The number of nitrogens with zero attached hydrogens (tertiary/aromatic N) is 2. The molecule has 4 nitrogen and oxygen atoms in total. The number of hydrogen-bond acceptors (Lipinski definition) is 3. The van der Waals surface area contributed by atoms with Crippen LogP contribution in [-0.2, 0) is 17.8 Å². The summed E-state index contributed by atoms with van der Waals surface area (Å²) in [6.07, 6.45) is 4.26. The lowest BCUT2D eigenvalue weighted by Crippen LogP contribution is -2.28. The second-order valence-corrected chi connectivity index (χ2v) is 4.33. The second-order valence-electron chi connectivity index (χ2n) is 4.33. The molecule has 1 saturated heterocycles. The Morgan fingerprint density at radius 2 is 2.27 bits per heavy atom. The van der Waals surface area contributed by atoms with Gasteiger partial charge in [0, 0.05) is 38.8 Å². The van der Waals surface area contributed by atoms with Gasteiger partial charge in [0.15, 0.2) is 0 Å². The summed E-state index contributed by atoms with van der Waals surface area (Å²) < 4.78 is 7.68. The van der Waals surface area contributed by atoms with E-state index in [1.54, 1.807) is 0 Å². The average Bonchev–Trinajstić information content (AvgIpc) is 2.74. The van der Waals surface area contributed by atoms with Crippen molar-refractivity contribution in [3.8, 4) is 0 Å². The van der Waals surface area contributed by atoms with Gasteiger partial charge in [-0.3, -0.25) is 0 Å². The first-order valence-electron chi connectivity index (χ1n) is 5.77. The molecule has 0 amide bonds. The Bertz CT molecular complexity index is 342. The predicted molar refractivity (Wildman–Crippen MR) is 56.7 cm³/mol. The van der Waals surface area contributed by atoms with E-state index in [1.165, 1.54) is 11.4 Å². The van der Waals surface area contributed by atoms with Crippen LogP contribution in [0.15, 0.2) is 6.33 Å². The molecule has 1 aromatic rings. The molecule has 0 radical (unpaired) electrons. The van der Waals surface area contributed by atoms with Gasteiger partial charge in [-0.05, 0) is 12.8 Å². The molecule has 4 heteroatoms. The van der Waals surface area contributed by atoms with E-state index in [9.17, 15) is 0 Å². The molecule has 2 aliphatic heterocycles. The van der Waals surface area contributed by atoms with E-state index >= 15 is 0 Å². The van der Waals surface area contributed by atoms with Gasteiger partial charge in [0.2, 0.25) is 0 Å². The van der Waals surface area contributed by atoms with Gasteiger partial charge in [0.1, 0.15) is 0 Å². The highest BCUT2D eigenvalue weighted by Crippen LogP contribution is 2.28. The lowest BCUT2D eigenvalue weighted by Gasteiger charge is -2.23. The third-order valence-electron chi connectivity index (χ3n) is 3.41. The lowest BCUT2D eigenvalue weighted by molar-refractivity contribution is 0.0843. The van der Waals surface area contributed by atoms with E-state index < -0.39 is 0 Å². The van der Waals surface area contributed by atoms with Crippen LogP contribution >= 0.6 is 0 Å². The summed E-state index contributed by atoms with van der Waals surface area (Å²) in [6, 6.07) is 0. The Kier molecular flexibility index (Phi) is 2.46. The second kappa shape index (κ2) is 3.94. The van der Waals surface area contributed by atoms with Crippen LogP contribution in [-0.4, -0.2) is 29.3 Å². The first-order chi connectivity index (χ1) is 7.45. The van der Waals surface area contributed by atoms with Crippen molar-refractivity contribution in [2.45, 2.75) is 31.8 Å². The highest BCUT2D eigenvalue weighted by molar-refractivity contribution is 5.19. The molecule has 2 aliphatic rings. The van der Waals surface area contributed by atoms with Crippen molar-refractivity contribution in [3.63, 3.8) is 0 Å². The first kappa shape index (κ1) is 9.36. The summed E-state index contributed by atoms with van der Waals surface area (Å²) in [5.74, 6) is 0.620. The first-order valence-corrected chi connectivity index (χ1v) is 5.77. The molecular weight excluding hydrogens is 190 g/mol. The number of hydrogen-bond donors (Lipinski definition) is 1. The molecule has 0 aromatic carbocycles. The molecule has 0 atom stereocenters. The summed E-state index contributed by atoms with van der Waals surface area (Å²) in [5.41, 5.74) is 2.71. The molecule has 1 N–H and O–H groups in total. The van der Waals surface area contributed by atoms with Crippen molar-refractivity contribution in [1.82, 2.24) is 14.9 Å². The van der Waals surface area contributed by atoms with Crippen LogP contribution in [0.4, 0.5) is 0 Å². The van der Waals surface area contributed by atoms with Crippen LogP contribution in [0.5, 0.6) is 0 Å². The van der Waals surface area contributed by atoms with Gasteiger partial charge in [0.05, 0.1) is 17.7 Å². The van der Waals surface area contributed by atoms with Crippen LogP contribution in [0.3, 0.4) is 0 Å². The smallest absolute Gasteiger partial charge is 0.0952 e. The third-order valence-corrected chi connectivity index (χ3v) is 3.41. The van der Waals surface area contributed by atoms with E-state index in [4.69, 9.17) is 4.74 Å². The van der Waals surface area contributed by atoms with Crippen LogP contribution in [0.1, 0.15) is 30.1 Å². The van der Waals surface area contributed by atoms with E-state index in [0.29, 0.717) is 5.92 Å². The molecule has 0 unspecified atom stereocenters. The summed E-state index contributed by atoms with van der Waals surface area (Å²) in [4.78, 5) is 4.59. The van der Waals surface area contributed by atoms with Crippen molar-refractivity contribution in [2.24, 2.45) is 0 Å². The van der Waals surface area contributed by atoms with Crippen LogP contribution in [0.2, 0.25) is 0 Å². The fourth-order valence-electron chi connectivity index (χ4n) is 2.53. The monoisotopic (exact) mass is 207 g/mol. The Morgan fingerprint density at radius 3 is 3.13 bits per heavy atom. The number of rotatable bonds is 1. The van der Waals surface area contributed by atoms with Gasteiger partial charge in [-0.1, -0.05) is 0 Å². The lowest BCUT2D eigenvalue weighted by atomic mass is 9.95. The van der Waals surface area contributed by atoms with Crippen molar-refractivity contribution in [3.05, 3.63) is 17.7 Å². The molecule has 1 fully saturated rings. The van der Waals surface area contributed by atoms with Crippen LogP contribution in [0, 0.1) is 0 Å². The molecule has 82 valence electrons. The van der Waals surface area contributed by atoms with Crippen LogP contribution < -0.4 is 5.32 Å². The molecule has 1 aromatic heterocycles. The molecule has 0 saturated carbocycles. The number of aromatic nitrogens is 2. The highest BCUT2D eigenvalue weighted by Gasteiger charge is 2.23. The number of ether oxygens (including phenoxy) is 1. The molecule has 3 rings (SSSR count). The fraction of sp³-hybridized carbons (Fsp3) is 0.727. The van der Waals surface area contributed by atoms with E-state index in [2.05, 4.69) is 14.9 Å². The van der Waals surface area contributed by atoms with Crippen molar-refractivity contribution >= 4 is 0 Å². The maximum Gasteiger partial charge on any atom is 0.0952 e. The molecule has 0 spiro atoms. The summed E-state index contributed by atoms with van der Waals surface area (Å²) in [7, 11) is 0. The van der Waals surface area contributed by atoms with Crippen molar-refractivity contribution in [1.29, 1.82) is 0 Å². The quantitative estimate of drug-likeness (QED) is 0.743. The Morgan fingerprint density at radius 1 is 1.40 bits per heavy atom. The number of fused-ring (bicyclic) bond motifs is 1. The third kappa shape index (κ3) is 1.68. The maximum atomic E-state index is 5.39. The Balaban J connectivity index is 1.87. The molecular formula is C11H17N3O. The van der Waals surface area contributed by atoms with Gasteiger partial charge in [-0.25, -0.2) is 4.98 Å². The largest absolute Gasteiger partial charge is 0.381 e. The number of nitrogens with one attached hydrogen (secondary N) is 1. The predicted octanol–water partition coefficient (Wildman–Crippen LogP) is 0.880. The Labute approximate surface area is 89.6 Å². The summed E-state index contributed by atoms with van der Waals surface area (Å²) >= 11 is 0. The minimum Gasteiger partial charge on any atom is -0.381 e. The van der Waals surface area contributed by atoms with E-state index in [-0.39, 0.29) is 0 Å². The summed E-state index contributed by atoms with van der Waals surface area (Å²) in [5, 5.41) is 3.41. The van der Waals surface area contributed by atoms with Gasteiger partial charge in [-0.15, -0.1) is 0 Å². The van der Waals surface area contributed by atoms with Gasteiger partial charge in [-0.2, -0.15) is 0 Å². The van der Waals surface area contributed by atoms with E-state index in [1.807, 2.05) is 6.33 Å². The SMILES string of the molecule is c1nc(C2CCOCC2)c2n1CCNC2. The average molecular weight is 207 g/mol. The van der Waals surface area contributed by atoms with Gasteiger partial charge < -0.3 is 14.6 Å². The maximum absolute atomic E-state index is 5.39. The van der Waals surface area contributed by atoms with Gasteiger partial charge in [0.25, 0.3) is 0 Å². The minimum absolute atomic E-state index is 0.620. The zero-order valence-corrected chi connectivity index (χ0v) is 8.91.